The third-order valence-corrected chi connectivity index (χ3v) is 2.24. The SMILES string of the molecule is CCOCC(NC(=O)NC(=O)CCl)C(C)C. The molecule has 0 aromatic rings. The van der Waals surface area contributed by atoms with E-state index >= 15 is 0 Å². The van der Waals surface area contributed by atoms with Crippen LogP contribution in [0.25, 0.3) is 0 Å². The molecule has 0 heterocycles. The average molecular weight is 251 g/mol. The third kappa shape index (κ3) is 6.63. The summed E-state index contributed by atoms with van der Waals surface area (Å²) in [7, 11) is 0. The zero-order valence-electron chi connectivity index (χ0n) is 9.88. The van der Waals surface area contributed by atoms with Crippen LogP contribution in [0.1, 0.15) is 20.8 Å². The van der Waals surface area contributed by atoms with E-state index < -0.39 is 11.9 Å². The zero-order chi connectivity index (χ0) is 12.6. The molecule has 6 heteroatoms. The molecule has 1 unspecified atom stereocenters. The highest BCUT2D eigenvalue weighted by Gasteiger charge is 2.17. The maximum absolute atomic E-state index is 11.3. The lowest BCUT2D eigenvalue weighted by molar-refractivity contribution is -0.117. The highest BCUT2D eigenvalue weighted by Crippen LogP contribution is 2.01. The molecule has 16 heavy (non-hydrogen) atoms. The van der Waals surface area contributed by atoms with Crippen LogP contribution in [0.2, 0.25) is 0 Å². The molecule has 0 aromatic carbocycles. The van der Waals surface area contributed by atoms with Crippen LogP contribution >= 0.6 is 11.6 Å². The average Bonchev–Trinajstić information content (AvgIpc) is 2.23. The first-order valence-electron chi connectivity index (χ1n) is 5.25. The predicted molar refractivity (Wildman–Crippen MR) is 62.5 cm³/mol. The van der Waals surface area contributed by atoms with Gasteiger partial charge in [0.15, 0.2) is 0 Å². The molecular weight excluding hydrogens is 232 g/mol. The van der Waals surface area contributed by atoms with Crippen LogP contribution in [-0.2, 0) is 9.53 Å². The van der Waals surface area contributed by atoms with Crippen LogP contribution < -0.4 is 10.6 Å². The van der Waals surface area contributed by atoms with Gasteiger partial charge in [0.05, 0.1) is 12.6 Å². The standard InChI is InChI=1S/C10H19ClN2O3/c1-4-16-6-8(7(2)3)12-10(15)13-9(14)5-11/h7-8H,4-6H2,1-3H3,(H2,12,13,14,15). The minimum absolute atomic E-state index is 0.122. The Balaban J connectivity index is 4.07. The molecule has 0 bridgehead atoms. The van der Waals surface area contributed by atoms with Gasteiger partial charge in [-0.2, -0.15) is 0 Å². The fourth-order valence-electron chi connectivity index (χ4n) is 1.01. The topological polar surface area (TPSA) is 67.4 Å². The number of nitrogens with one attached hydrogen (secondary N) is 2. The Kier molecular flexibility index (Phi) is 7.93. The maximum Gasteiger partial charge on any atom is 0.321 e. The van der Waals surface area contributed by atoms with Gasteiger partial charge in [0.1, 0.15) is 5.88 Å². The quantitative estimate of drug-likeness (QED) is 0.694. The highest BCUT2D eigenvalue weighted by molar-refractivity contribution is 6.28. The Morgan fingerprint density at radius 3 is 2.44 bits per heavy atom. The van der Waals surface area contributed by atoms with Gasteiger partial charge in [-0.25, -0.2) is 4.79 Å². The van der Waals surface area contributed by atoms with Crippen LogP contribution in [0.15, 0.2) is 0 Å². The van der Waals surface area contributed by atoms with Crippen LogP contribution in [-0.4, -0.2) is 37.1 Å². The number of amides is 3. The Hall–Kier alpha value is -0.810. The van der Waals surface area contributed by atoms with Gasteiger partial charge in [-0.15, -0.1) is 11.6 Å². The first-order chi connectivity index (χ1) is 7.51. The molecule has 94 valence electrons. The number of alkyl halides is 1. The summed E-state index contributed by atoms with van der Waals surface area (Å²) in [6, 6.07) is -0.660. The molecule has 0 spiro atoms. The van der Waals surface area contributed by atoms with Gasteiger partial charge >= 0.3 is 6.03 Å². The Morgan fingerprint density at radius 1 is 1.38 bits per heavy atom. The monoisotopic (exact) mass is 250 g/mol. The van der Waals surface area contributed by atoms with E-state index in [1.807, 2.05) is 20.8 Å². The first-order valence-corrected chi connectivity index (χ1v) is 5.78. The number of carbonyl (C=O) groups is 2. The third-order valence-electron chi connectivity index (χ3n) is 2.00. The smallest absolute Gasteiger partial charge is 0.321 e. The molecule has 0 saturated carbocycles. The van der Waals surface area contributed by atoms with E-state index in [0.717, 1.165) is 0 Å². The van der Waals surface area contributed by atoms with E-state index in [9.17, 15) is 9.59 Å². The highest BCUT2D eigenvalue weighted by atomic mass is 35.5. The van der Waals surface area contributed by atoms with E-state index in [4.69, 9.17) is 16.3 Å². The fourth-order valence-corrected chi connectivity index (χ4v) is 1.08. The van der Waals surface area contributed by atoms with E-state index in [-0.39, 0.29) is 17.8 Å². The second-order valence-corrected chi connectivity index (χ2v) is 3.93. The van der Waals surface area contributed by atoms with Crippen molar-refractivity contribution in [3.05, 3.63) is 0 Å². The van der Waals surface area contributed by atoms with Crippen LogP contribution in [0.5, 0.6) is 0 Å². The van der Waals surface area contributed by atoms with Crippen LogP contribution in [0.4, 0.5) is 4.79 Å². The summed E-state index contributed by atoms with van der Waals surface area (Å²) in [6.07, 6.45) is 0. The zero-order valence-corrected chi connectivity index (χ0v) is 10.6. The molecule has 0 saturated heterocycles. The summed E-state index contributed by atoms with van der Waals surface area (Å²) in [6.45, 7) is 6.83. The van der Waals surface area contributed by atoms with E-state index in [1.54, 1.807) is 0 Å². The van der Waals surface area contributed by atoms with Gasteiger partial charge in [-0.05, 0) is 12.8 Å². The summed E-state index contributed by atoms with van der Waals surface area (Å²) < 4.78 is 5.24. The van der Waals surface area contributed by atoms with Gasteiger partial charge < -0.3 is 10.1 Å². The van der Waals surface area contributed by atoms with Crippen molar-refractivity contribution in [3.8, 4) is 0 Å². The number of imide groups is 1. The predicted octanol–water partition coefficient (Wildman–Crippen LogP) is 1.11. The number of rotatable bonds is 6. The lowest BCUT2D eigenvalue weighted by atomic mass is 10.1. The van der Waals surface area contributed by atoms with Crippen molar-refractivity contribution in [2.45, 2.75) is 26.8 Å². The Bertz CT molecular complexity index is 234. The molecular formula is C10H19ClN2O3. The molecule has 0 aliphatic rings. The van der Waals surface area contributed by atoms with Gasteiger partial charge in [0.2, 0.25) is 5.91 Å². The number of carbonyl (C=O) groups excluding carboxylic acids is 2. The molecule has 3 amide bonds. The molecule has 0 aromatic heterocycles. The van der Waals surface area contributed by atoms with E-state index in [2.05, 4.69) is 10.6 Å². The van der Waals surface area contributed by atoms with Gasteiger partial charge in [-0.1, -0.05) is 13.8 Å². The Labute approximate surface area is 101 Å². The minimum Gasteiger partial charge on any atom is -0.380 e. The van der Waals surface area contributed by atoms with Gasteiger partial charge in [0, 0.05) is 6.61 Å². The first kappa shape index (κ1) is 15.2. The normalized spacial score (nSPS) is 12.3. The van der Waals surface area contributed by atoms with Crippen molar-refractivity contribution < 1.29 is 14.3 Å². The number of urea groups is 1. The van der Waals surface area contributed by atoms with Gasteiger partial charge in [-0.3, -0.25) is 10.1 Å². The van der Waals surface area contributed by atoms with Crippen molar-refractivity contribution in [1.82, 2.24) is 10.6 Å². The molecule has 0 radical (unpaired) electrons. The molecule has 0 aliphatic carbocycles. The van der Waals surface area contributed by atoms with E-state index in [0.29, 0.717) is 13.2 Å². The molecule has 0 rings (SSSR count). The maximum atomic E-state index is 11.3. The Morgan fingerprint density at radius 2 is 2.00 bits per heavy atom. The molecule has 2 N–H and O–H groups in total. The molecule has 0 aliphatic heterocycles. The van der Waals surface area contributed by atoms with Crippen molar-refractivity contribution in [2.75, 3.05) is 19.1 Å². The molecule has 0 fully saturated rings. The number of halogens is 1. The lowest BCUT2D eigenvalue weighted by Gasteiger charge is -2.21. The fraction of sp³-hybridized carbons (Fsp3) is 0.800. The number of ether oxygens (including phenoxy) is 1. The summed E-state index contributed by atoms with van der Waals surface area (Å²) in [5, 5.41) is 4.78. The second-order valence-electron chi connectivity index (χ2n) is 3.67. The summed E-state index contributed by atoms with van der Waals surface area (Å²) in [5.74, 6) is -0.521. The summed E-state index contributed by atoms with van der Waals surface area (Å²) in [5.41, 5.74) is 0. The van der Waals surface area contributed by atoms with E-state index in [1.165, 1.54) is 0 Å². The lowest BCUT2D eigenvalue weighted by Crippen LogP contribution is -2.48. The largest absolute Gasteiger partial charge is 0.380 e. The van der Waals surface area contributed by atoms with Crippen LogP contribution in [0.3, 0.4) is 0 Å². The van der Waals surface area contributed by atoms with Crippen LogP contribution in [0, 0.1) is 5.92 Å². The van der Waals surface area contributed by atoms with Crippen molar-refractivity contribution in [3.63, 3.8) is 0 Å². The summed E-state index contributed by atoms with van der Waals surface area (Å²) in [4.78, 5) is 22.2. The van der Waals surface area contributed by atoms with Crippen molar-refractivity contribution >= 4 is 23.5 Å². The van der Waals surface area contributed by atoms with Crippen molar-refractivity contribution in [2.24, 2.45) is 5.92 Å². The summed E-state index contributed by atoms with van der Waals surface area (Å²) >= 11 is 5.26. The minimum atomic E-state index is -0.538. The molecule has 5 nitrogen and oxygen atoms in total. The van der Waals surface area contributed by atoms with Crippen molar-refractivity contribution in [1.29, 1.82) is 0 Å². The number of hydrogen-bond acceptors (Lipinski definition) is 3. The molecule has 1 atom stereocenters. The second kappa shape index (κ2) is 8.35. The number of hydrogen-bond donors (Lipinski definition) is 2. The van der Waals surface area contributed by atoms with Gasteiger partial charge in [0.25, 0.3) is 0 Å².